The minimum Gasteiger partial charge on any atom is -0.504 e. The third-order valence-electron chi connectivity index (χ3n) is 2.51. The fraction of sp³-hybridized carbons (Fsp3) is 0.400. The van der Waals surface area contributed by atoms with Gasteiger partial charge in [-0.3, -0.25) is 14.4 Å². The average molecular weight is 783 g/mol. The van der Waals surface area contributed by atoms with Crippen LogP contribution in [0, 0.1) is 41.3 Å². The summed E-state index contributed by atoms with van der Waals surface area (Å²) in [6.07, 6.45) is -35.0. The van der Waals surface area contributed by atoms with E-state index in [1.165, 1.54) is 0 Å². The Balaban J connectivity index is -0.000000154. The monoisotopic (exact) mass is 783 g/mol. The SMILES string of the molecule is O.O=C(/C=C(\O)C(F)(F)F)C(F)(F)F.O=C(/C=C(\O)C(F)(F)F)C(F)(F)F.O=C(/C=C(\O)C(F)(F)F)C(F)(F)F.[Pr]. The zero-order valence-electron chi connectivity index (χ0n) is 18.2. The molecule has 0 unspecified atom stereocenters. The summed E-state index contributed by atoms with van der Waals surface area (Å²) >= 11 is 0. The Bertz CT molecular complexity index is 836. The molecule has 0 saturated heterocycles. The first-order valence-corrected chi connectivity index (χ1v) is 7.92. The molecular formula is C15H8F18O7Pr. The minimum absolute atomic E-state index is 0. The third kappa shape index (κ3) is 23.0. The Morgan fingerprint density at radius 3 is 0.561 bits per heavy atom. The van der Waals surface area contributed by atoms with Crippen molar-refractivity contribution < 1.29 is 155 Å². The molecule has 0 saturated carbocycles. The van der Waals surface area contributed by atoms with Crippen molar-refractivity contribution in [2.75, 3.05) is 0 Å². The van der Waals surface area contributed by atoms with Gasteiger partial charge in [0, 0.05) is 59.5 Å². The van der Waals surface area contributed by atoms with Crippen LogP contribution in [0.5, 0.6) is 0 Å². The third-order valence-corrected chi connectivity index (χ3v) is 2.51. The second-order valence-corrected chi connectivity index (χ2v) is 5.67. The maximum atomic E-state index is 11.4. The van der Waals surface area contributed by atoms with E-state index in [1.54, 1.807) is 0 Å². The second-order valence-electron chi connectivity index (χ2n) is 5.67. The minimum atomic E-state index is -5.42. The van der Waals surface area contributed by atoms with E-state index in [2.05, 4.69) is 0 Å². The van der Waals surface area contributed by atoms with E-state index in [-0.39, 0.29) is 46.8 Å². The van der Waals surface area contributed by atoms with Gasteiger partial charge in [-0.2, -0.15) is 79.0 Å². The van der Waals surface area contributed by atoms with Crippen LogP contribution in [-0.2, 0) is 14.4 Å². The van der Waals surface area contributed by atoms with Gasteiger partial charge in [0.25, 0.3) is 17.3 Å². The number of hydrogen-bond acceptors (Lipinski definition) is 6. The zero-order valence-corrected chi connectivity index (χ0v) is 21.9. The van der Waals surface area contributed by atoms with Gasteiger partial charge in [-0.05, 0) is 0 Å². The fourth-order valence-corrected chi connectivity index (χ4v) is 0.864. The second kappa shape index (κ2) is 17.0. The van der Waals surface area contributed by atoms with Gasteiger partial charge in [-0.25, -0.2) is 0 Å². The van der Waals surface area contributed by atoms with Crippen LogP contribution in [0.1, 0.15) is 0 Å². The van der Waals surface area contributed by atoms with E-state index in [0.717, 1.165) is 0 Å². The molecule has 41 heavy (non-hydrogen) atoms. The first-order chi connectivity index (χ1) is 16.6. The number of allylic oxidation sites excluding steroid dienone is 6. The Labute approximate surface area is 245 Å². The molecule has 0 bridgehead atoms. The van der Waals surface area contributed by atoms with Crippen LogP contribution >= 0.6 is 0 Å². The van der Waals surface area contributed by atoms with Crippen molar-refractivity contribution in [2.45, 2.75) is 37.1 Å². The van der Waals surface area contributed by atoms with E-state index in [1.807, 2.05) is 0 Å². The summed E-state index contributed by atoms with van der Waals surface area (Å²) in [6, 6.07) is 0. The Kier molecular flexibility index (Phi) is 20.0. The van der Waals surface area contributed by atoms with Gasteiger partial charge in [0.2, 0.25) is 17.3 Å². The number of halogens is 18. The number of rotatable bonds is 3. The van der Waals surface area contributed by atoms with Crippen molar-refractivity contribution in [1.82, 2.24) is 0 Å². The van der Waals surface area contributed by atoms with Crippen LogP contribution in [0.4, 0.5) is 79.0 Å². The van der Waals surface area contributed by atoms with Gasteiger partial charge < -0.3 is 20.8 Å². The molecule has 5 N–H and O–H groups in total. The number of alkyl halides is 18. The number of carbonyl (C=O) groups is 3. The summed E-state index contributed by atoms with van der Waals surface area (Å²) in [5.41, 5.74) is 0. The summed E-state index contributed by atoms with van der Waals surface area (Å²) in [5.74, 6) is -16.0. The number of hydrogen-bond donors (Lipinski definition) is 3. The molecule has 0 fully saturated rings. The number of carbonyl (C=O) groups excluding carboxylic acids is 3. The molecule has 0 aromatic carbocycles. The molecule has 0 aromatic rings. The molecule has 26 heteroatoms. The molecular weight excluding hydrogens is 775 g/mol. The van der Waals surface area contributed by atoms with E-state index in [0.29, 0.717) is 0 Å². The molecule has 0 aliphatic carbocycles. The predicted molar refractivity (Wildman–Crippen MR) is 87.1 cm³/mol. The van der Waals surface area contributed by atoms with Gasteiger partial charge >= 0.3 is 37.1 Å². The normalized spacial score (nSPS) is 13.8. The molecule has 0 aromatic heterocycles. The van der Waals surface area contributed by atoms with Gasteiger partial charge in [0.1, 0.15) is 0 Å². The van der Waals surface area contributed by atoms with Crippen molar-refractivity contribution in [3.8, 4) is 0 Å². The predicted octanol–water partition coefficient (Wildman–Crippen LogP) is 5.54. The van der Waals surface area contributed by atoms with Crippen LogP contribution in [0.3, 0.4) is 0 Å². The molecule has 239 valence electrons. The number of ketones is 3. The van der Waals surface area contributed by atoms with Gasteiger partial charge in [0.15, 0.2) is 0 Å². The zero-order chi connectivity index (χ0) is 32.6. The number of aliphatic hydroxyl groups is 3. The summed E-state index contributed by atoms with van der Waals surface area (Å²) in [7, 11) is 0. The van der Waals surface area contributed by atoms with E-state index in [9.17, 15) is 93.4 Å². The maximum absolute atomic E-state index is 11.4. The largest absolute Gasteiger partial charge is 0.504 e. The maximum Gasteiger partial charge on any atom is 0.454 e. The van der Waals surface area contributed by atoms with Gasteiger partial charge in [0.05, 0.1) is 0 Å². The molecule has 0 rings (SSSR count). The molecule has 7 nitrogen and oxygen atoms in total. The quantitative estimate of drug-likeness (QED) is 0.195. The molecule has 0 aliphatic rings. The van der Waals surface area contributed by atoms with Crippen LogP contribution in [-0.4, -0.2) is 75.2 Å². The summed E-state index contributed by atoms with van der Waals surface area (Å²) < 4.78 is 204. The Morgan fingerprint density at radius 1 is 0.366 bits per heavy atom. The smallest absolute Gasteiger partial charge is 0.454 e. The molecule has 0 heterocycles. The molecule has 0 spiro atoms. The van der Waals surface area contributed by atoms with Crippen LogP contribution in [0.15, 0.2) is 35.5 Å². The summed E-state index contributed by atoms with van der Waals surface area (Å²) in [6.45, 7) is 0. The van der Waals surface area contributed by atoms with Crippen molar-refractivity contribution in [1.29, 1.82) is 0 Å². The first-order valence-electron chi connectivity index (χ1n) is 7.92. The van der Waals surface area contributed by atoms with Gasteiger partial charge in [-0.1, -0.05) is 0 Å². The summed E-state index contributed by atoms with van der Waals surface area (Å²) in [4.78, 5) is 29.6. The summed E-state index contributed by atoms with van der Waals surface area (Å²) in [5, 5.41) is 23.8. The van der Waals surface area contributed by atoms with Crippen molar-refractivity contribution in [2.24, 2.45) is 0 Å². The van der Waals surface area contributed by atoms with Crippen LogP contribution in [0.25, 0.3) is 0 Å². The Hall–Kier alpha value is -2.31. The van der Waals surface area contributed by atoms with Crippen LogP contribution in [0.2, 0.25) is 0 Å². The molecule has 0 atom stereocenters. The van der Waals surface area contributed by atoms with Crippen molar-refractivity contribution in [3.05, 3.63) is 35.5 Å². The Morgan fingerprint density at radius 2 is 0.488 bits per heavy atom. The fourth-order valence-electron chi connectivity index (χ4n) is 0.864. The molecule has 0 aliphatic heterocycles. The van der Waals surface area contributed by atoms with E-state index in [4.69, 9.17) is 15.3 Å². The standard InChI is InChI=1S/3C5H2F6O2.H2O.Pr/c3*6-4(7,8)2(12)1-3(13)5(9,10)11;;/h3*1,12H;1H2;/b3*2-1-;;. The molecule has 0 amide bonds. The van der Waals surface area contributed by atoms with Crippen molar-refractivity contribution >= 4 is 17.3 Å². The van der Waals surface area contributed by atoms with Gasteiger partial charge in [-0.15, -0.1) is 0 Å². The van der Waals surface area contributed by atoms with E-state index < -0.39 is 89.9 Å². The van der Waals surface area contributed by atoms with Crippen molar-refractivity contribution in [3.63, 3.8) is 0 Å². The topological polar surface area (TPSA) is 143 Å². The van der Waals surface area contributed by atoms with Crippen LogP contribution < -0.4 is 0 Å². The number of aliphatic hydroxyl groups excluding tert-OH is 3. The molecule has 1 radical (unpaired) electrons. The first kappa shape index (κ1) is 48.4. The average Bonchev–Trinajstić information content (AvgIpc) is 2.64. The van der Waals surface area contributed by atoms with E-state index >= 15 is 0 Å².